The van der Waals surface area contributed by atoms with E-state index in [9.17, 15) is 13.2 Å². The molecular weight excluding hydrogens is 510 g/mol. The normalized spacial score (nSPS) is 13.7. The van der Waals surface area contributed by atoms with E-state index in [-0.39, 0.29) is 16.8 Å². The highest BCUT2D eigenvalue weighted by atomic mass is 32.2. The van der Waals surface area contributed by atoms with Crippen molar-refractivity contribution in [3.05, 3.63) is 114 Å². The second-order valence-electron chi connectivity index (χ2n) is 9.89. The van der Waals surface area contributed by atoms with E-state index in [1.807, 2.05) is 61.5 Å². The first-order chi connectivity index (χ1) is 18.5. The maximum atomic E-state index is 12.3. The van der Waals surface area contributed by atoms with Crippen LogP contribution in [-0.2, 0) is 31.7 Å². The topological polar surface area (TPSA) is 83.9 Å². The van der Waals surface area contributed by atoms with Gasteiger partial charge in [0.25, 0.3) is 10.1 Å². The van der Waals surface area contributed by atoms with Crippen molar-refractivity contribution in [2.45, 2.75) is 37.2 Å². The zero-order valence-electron chi connectivity index (χ0n) is 22.9. The molecule has 0 bridgehead atoms. The molecule has 0 fully saturated rings. The number of hydrogen-bond donors (Lipinski definition) is 1. The first-order valence-corrected chi connectivity index (χ1v) is 14.4. The molecule has 0 aliphatic rings. The Morgan fingerprint density at radius 3 is 2.00 bits per heavy atom. The molecule has 4 aromatic carbocycles. The minimum atomic E-state index is -4.09. The number of esters is 1. The highest BCUT2D eigenvalue weighted by molar-refractivity contribution is 7.85. The van der Waals surface area contributed by atoms with Crippen molar-refractivity contribution in [3.8, 4) is 0 Å². The van der Waals surface area contributed by atoms with E-state index in [4.69, 9.17) is 9.29 Å². The van der Waals surface area contributed by atoms with Gasteiger partial charge in [0.05, 0.1) is 4.90 Å². The molecule has 4 rings (SSSR count). The Morgan fingerprint density at radius 2 is 1.44 bits per heavy atom. The van der Waals surface area contributed by atoms with Crippen LogP contribution in [0.15, 0.2) is 108 Å². The van der Waals surface area contributed by atoms with Gasteiger partial charge < -0.3 is 9.64 Å². The minimum absolute atomic E-state index is 0.0730. The lowest BCUT2D eigenvalue weighted by molar-refractivity contribution is -0.168. The number of carbonyl (C=O) groups is 1. The summed E-state index contributed by atoms with van der Waals surface area (Å²) >= 11 is 0. The standard InChI is InChI=1S/C22H29NO2.C10H8O3S/c1-5-21(24)25-22(18(2)17-23(3)4,20-14-10-7-11-15-20)16-19-12-8-6-9-13-19;11-14(12,13)10-6-5-8-3-1-2-4-9(8)7-10/h6-15,18H,5,16-17H2,1-4H3;1-7H,(H,11,12,13)/t18-,22+;/m1./s1. The van der Waals surface area contributed by atoms with Crippen LogP contribution in [0.2, 0.25) is 0 Å². The molecule has 0 amide bonds. The van der Waals surface area contributed by atoms with Gasteiger partial charge in [0.2, 0.25) is 0 Å². The third kappa shape index (κ3) is 8.23. The van der Waals surface area contributed by atoms with E-state index in [0.717, 1.165) is 22.9 Å². The third-order valence-electron chi connectivity index (χ3n) is 6.61. The Bertz CT molecular complexity index is 1460. The van der Waals surface area contributed by atoms with E-state index in [1.54, 1.807) is 12.1 Å². The molecular formula is C32H37NO5S. The smallest absolute Gasteiger partial charge is 0.306 e. The Kier molecular flexibility index (Phi) is 10.4. The third-order valence-corrected chi connectivity index (χ3v) is 7.46. The molecule has 39 heavy (non-hydrogen) atoms. The van der Waals surface area contributed by atoms with Crippen LogP contribution >= 0.6 is 0 Å². The summed E-state index contributed by atoms with van der Waals surface area (Å²) in [6, 6.07) is 32.3. The van der Waals surface area contributed by atoms with Gasteiger partial charge in [0, 0.05) is 25.3 Å². The fourth-order valence-electron chi connectivity index (χ4n) is 4.67. The van der Waals surface area contributed by atoms with Crippen molar-refractivity contribution in [3.63, 3.8) is 0 Å². The van der Waals surface area contributed by atoms with Crippen molar-refractivity contribution < 1.29 is 22.5 Å². The predicted octanol–water partition coefficient (Wildman–Crippen LogP) is 6.36. The van der Waals surface area contributed by atoms with Crippen molar-refractivity contribution in [2.24, 2.45) is 5.92 Å². The molecule has 0 saturated carbocycles. The number of ether oxygens (including phenoxy) is 1. The quantitative estimate of drug-likeness (QED) is 0.194. The number of rotatable bonds is 9. The summed E-state index contributed by atoms with van der Waals surface area (Å²) in [7, 11) is 0.00971. The van der Waals surface area contributed by atoms with Crippen molar-refractivity contribution in [1.29, 1.82) is 0 Å². The lowest BCUT2D eigenvalue weighted by Gasteiger charge is -2.40. The Morgan fingerprint density at radius 1 is 0.872 bits per heavy atom. The first kappa shape index (κ1) is 30.0. The Balaban J connectivity index is 0.000000252. The number of carbonyl (C=O) groups excluding carboxylic acids is 1. The highest BCUT2D eigenvalue weighted by Crippen LogP contribution is 2.38. The van der Waals surface area contributed by atoms with Gasteiger partial charge in [0.15, 0.2) is 0 Å². The number of hydrogen-bond acceptors (Lipinski definition) is 5. The van der Waals surface area contributed by atoms with Crippen LogP contribution in [0.5, 0.6) is 0 Å². The predicted molar refractivity (Wildman–Crippen MR) is 156 cm³/mol. The van der Waals surface area contributed by atoms with Crippen molar-refractivity contribution in [1.82, 2.24) is 4.90 Å². The summed E-state index contributed by atoms with van der Waals surface area (Å²) in [5.41, 5.74) is 1.54. The van der Waals surface area contributed by atoms with Gasteiger partial charge in [-0.2, -0.15) is 8.42 Å². The molecule has 0 unspecified atom stereocenters. The molecule has 1 N–H and O–H groups in total. The number of fused-ring (bicyclic) bond motifs is 1. The molecule has 0 aromatic heterocycles. The highest BCUT2D eigenvalue weighted by Gasteiger charge is 2.42. The van der Waals surface area contributed by atoms with E-state index in [1.165, 1.54) is 17.7 Å². The summed E-state index contributed by atoms with van der Waals surface area (Å²) in [4.78, 5) is 14.4. The number of nitrogens with zero attached hydrogens (tertiary/aromatic N) is 1. The summed E-state index contributed by atoms with van der Waals surface area (Å²) in [6.45, 7) is 4.84. The van der Waals surface area contributed by atoms with E-state index in [2.05, 4.69) is 50.2 Å². The van der Waals surface area contributed by atoms with Gasteiger partial charge >= 0.3 is 5.97 Å². The average molecular weight is 548 g/mol. The molecule has 0 heterocycles. The molecule has 0 radical (unpaired) electrons. The second-order valence-corrected chi connectivity index (χ2v) is 11.3. The molecule has 206 valence electrons. The molecule has 0 aliphatic carbocycles. The van der Waals surface area contributed by atoms with Crippen LogP contribution in [0.1, 0.15) is 31.4 Å². The van der Waals surface area contributed by atoms with E-state index < -0.39 is 15.7 Å². The first-order valence-electron chi connectivity index (χ1n) is 13.0. The van der Waals surface area contributed by atoms with Crippen LogP contribution < -0.4 is 0 Å². The molecule has 0 saturated heterocycles. The van der Waals surface area contributed by atoms with Crippen molar-refractivity contribution in [2.75, 3.05) is 20.6 Å². The van der Waals surface area contributed by atoms with Gasteiger partial charge in [-0.05, 0) is 48.1 Å². The summed E-state index contributed by atoms with van der Waals surface area (Å²) in [6.07, 6.45) is 1.04. The largest absolute Gasteiger partial charge is 0.453 e. The minimum Gasteiger partial charge on any atom is -0.453 e. The Hall–Kier alpha value is -3.52. The molecule has 4 aromatic rings. The van der Waals surface area contributed by atoms with Gasteiger partial charge in [0.1, 0.15) is 5.60 Å². The molecule has 2 atom stereocenters. The fraction of sp³-hybridized carbons (Fsp3) is 0.281. The lowest BCUT2D eigenvalue weighted by Crippen LogP contribution is -2.44. The number of benzene rings is 4. The zero-order chi connectivity index (χ0) is 28.5. The SMILES string of the molecule is CCC(=O)O[C@](Cc1ccccc1)(c1ccccc1)[C@H](C)CN(C)C.O=S(=O)(O)c1ccc2ccccc2c1. The zero-order valence-corrected chi connectivity index (χ0v) is 23.8. The average Bonchev–Trinajstić information content (AvgIpc) is 2.92. The van der Waals surface area contributed by atoms with Crippen LogP contribution in [0.3, 0.4) is 0 Å². The summed E-state index contributed by atoms with van der Waals surface area (Å²) in [5, 5.41) is 1.74. The summed E-state index contributed by atoms with van der Waals surface area (Å²) < 4.78 is 36.7. The monoisotopic (exact) mass is 547 g/mol. The van der Waals surface area contributed by atoms with Gasteiger partial charge in [-0.3, -0.25) is 9.35 Å². The van der Waals surface area contributed by atoms with E-state index in [0.29, 0.717) is 12.8 Å². The second kappa shape index (κ2) is 13.5. The van der Waals surface area contributed by atoms with Crippen LogP contribution in [0, 0.1) is 5.92 Å². The van der Waals surface area contributed by atoms with Gasteiger partial charge in [-0.1, -0.05) is 105 Å². The lowest BCUT2D eigenvalue weighted by atomic mass is 9.77. The molecule has 6 nitrogen and oxygen atoms in total. The maximum absolute atomic E-state index is 12.3. The van der Waals surface area contributed by atoms with Crippen LogP contribution in [0.25, 0.3) is 10.8 Å². The van der Waals surface area contributed by atoms with Crippen LogP contribution in [-0.4, -0.2) is 44.5 Å². The molecule has 0 aliphatic heterocycles. The van der Waals surface area contributed by atoms with Gasteiger partial charge in [-0.15, -0.1) is 0 Å². The van der Waals surface area contributed by atoms with Gasteiger partial charge in [-0.25, -0.2) is 0 Å². The van der Waals surface area contributed by atoms with Crippen LogP contribution in [0.4, 0.5) is 0 Å². The molecule has 7 heteroatoms. The van der Waals surface area contributed by atoms with E-state index >= 15 is 0 Å². The Labute approximate surface area is 232 Å². The fourth-order valence-corrected chi connectivity index (χ4v) is 5.19. The molecule has 0 spiro atoms. The maximum Gasteiger partial charge on any atom is 0.306 e. The summed E-state index contributed by atoms with van der Waals surface area (Å²) in [5.74, 6) is -0.0222. The van der Waals surface area contributed by atoms with Crippen molar-refractivity contribution >= 4 is 26.9 Å².